The first kappa shape index (κ1) is 18.8. The maximum Gasteiger partial charge on any atom is 0.261 e. The summed E-state index contributed by atoms with van der Waals surface area (Å²) < 4.78 is 33.9. The molecule has 1 fully saturated rings. The van der Waals surface area contributed by atoms with E-state index in [9.17, 15) is 13.9 Å². The molecule has 0 bridgehead atoms. The van der Waals surface area contributed by atoms with Crippen LogP contribution in [0.15, 0.2) is 48.8 Å². The number of aryl methyl sites for hydroxylation is 1. The van der Waals surface area contributed by atoms with Crippen molar-refractivity contribution >= 4 is 10.8 Å². The summed E-state index contributed by atoms with van der Waals surface area (Å²) >= 11 is 0. The number of aliphatic hydroxyl groups excluding tert-OH is 1. The van der Waals surface area contributed by atoms with Gasteiger partial charge < -0.3 is 9.84 Å². The normalized spacial score (nSPS) is 17.9. The van der Waals surface area contributed by atoms with Crippen molar-refractivity contribution in [1.29, 1.82) is 0 Å². The van der Waals surface area contributed by atoms with Crippen LogP contribution in [0.5, 0.6) is 5.75 Å². The molecular weight excluding hydrogens is 364 g/mol. The Morgan fingerprint density at radius 1 is 1.18 bits per heavy atom. The predicted molar refractivity (Wildman–Crippen MR) is 104 cm³/mol. The van der Waals surface area contributed by atoms with E-state index < -0.39 is 12.0 Å². The van der Waals surface area contributed by atoms with E-state index >= 15 is 0 Å². The van der Waals surface area contributed by atoms with E-state index in [0.29, 0.717) is 12.3 Å². The van der Waals surface area contributed by atoms with Crippen molar-refractivity contribution in [1.82, 2.24) is 14.7 Å². The van der Waals surface area contributed by atoms with Gasteiger partial charge in [0.15, 0.2) is 0 Å². The number of nitrogens with zero attached hydrogens (tertiary/aromatic N) is 3. The highest BCUT2D eigenvalue weighted by Gasteiger charge is 2.38. The molecule has 4 rings (SSSR count). The molecule has 1 N–H and O–H groups in total. The van der Waals surface area contributed by atoms with Crippen LogP contribution in [0.25, 0.3) is 21.9 Å². The highest BCUT2D eigenvalue weighted by Crippen LogP contribution is 2.28. The van der Waals surface area contributed by atoms with Gasteiger partial charge >= 0.3 is 0 Å². The molecule has 3 aromatic rings. The average molecular weight is 387 g/mol. The molecule has 2 aromatic carbocycles. The Kier molecular flexibility index (Phi) is 5.03. The first-order valence-electron chi connectivity index (χ1n) is 9.32. The quantitative estimate of drug-likeness (QED) is 0.705. The zero-order valence-electron chi connectivity index (χ0n) is 15.7. The summed E-state index contributed by atoms with van der Waals surface area (Å²) in [4.78, 5) is 1.58. The maximum absolute atomic E-state index is 13.2. The second-order valence-electron chi connectivity index (χ2n) is 7.43. The number of ether oxygens (including phenoxy) is 1. The van der Waals surface area contributed by atoms with Crippen LogP contribution < -0.4 is 4.74 Å². The van der Waals surface area contributed by atoms with Crippen LogP contribution in [0.2, 0.25) is 0 Å². The summed E-state index contributed by atoms with van der Waals surface area (Å²) in [7, 11) is 1.89. The number of rotatable bonds is 6. The molecule has 0 spiro atoms. The third kappa shape index (κ3) is 4.31. The van der Waals surface area contributed by atoms with Crippen LogP contribution in [-0.4, -0.2) is 58.1 Å². The number of halogens is 2. The number of aromatic nitrogens is 2. The molecule has 1 aromatic heterocycles. The van der Waals surface area contributed by atoms with Crippen LogP contribution in [0.1, 0.15) is 6.42 Å². The van der Waals surface area contributed by atoms with Crippen molar-refractivity contribution in [3.63, 3.8) is 0 Å². The number of aliphatic hydroxyl groups is 1. The number of likely N-dealkylation sites (tertiary alicyclic amines) is 1. The summed E-state index contributed by atoms with van der Waals surface area (Å²) in [5.74, 6) is -2.00. The van der Waals surface area contributed by atoms with Crippen LogP contribution in [0.4, 0.5) is 8.78 Å². The third-order valence-corrected chi connectivity index (χ3v) is 5.01. The second kappa shape index (κ2) is 7.48. The van der Waals surface area contributed by atoms with Gasteiger partial charge in [-0.2, -0.15) is 5.10 Å². The Morgan fingerprint density at radius 3 is 2.68 bits per heavy atom. The fourth-order valence-electron chi connectivity index (χ4n) is 3.57. The average Bonchev–Trinajstić information content (AvgIpc) is 3.24. The first-order valence-corrected chi connectivity index (χ1v) is 9.32. The van der Waals surface area contributed by atoms with Gasteiger partial charge in [-0.3, -0.25) is 9.58 Å². The number of hydrogen-bond acceptors (Lipinski definition) is 4. The molecule has 1 aliphatic rings. The summed E-state index contributed by atoms with van der Waals surface area (Å²) in [5.41, 5.74) is 2.15. The lowest BCUT2D eigenvalue weighted by Crippen LogP contribution is -2.35. The van der Waals surface area contributed by atoms with Crippen molar-refractivity contribution < 1.29 is 18.6 Å². The van der Waals surface area contributed by atoms with Gasteiger partial charge in [0.25, 0.3) is 5.92 Å². The van der Waals surface area contributed by atoms with E-state index in [1.54, 1.807) is 9.58 Å². The highest BCUT2D eigenvalue weighted by atomic mass is 19.3. The molecule has 7 heteroatoms. The van der Waals surface area contributed by atoms with Gasteiger partial charge in [-0.05, 0) is 34.5 Å². The SMILES string of the molecule is Cn1cc(-c2ccc3cc(OCC(O)CN4CCC(F)(F)C4)ccc3c2)cn1. The minimum Gasteiger partial charge on any atom is -0.491 e. The molecule has 1 aliphatic heterocycles. The van der Waals surface area contributed by atoms with E-state index in [1.165, 1.54) is 0 Å². The molecule has 0 aliphatic carbocycles. The van der Waals surface area contributed by atoms with Crippen molar-refractivity contribution in [3.05, 3.63) is 48.8 Å². The van der Waals surface area contributed by atoms with Gasteiger partial charge in [0, 0.05) is 38.3 Å². The largest absolute Gasteiger partial charge is 0.491 e. The lowest BCUT2D eigenvalue weighted by Gasteiger charge is -2.20. The Labute approximate surface area is 162 Å². The van der Waals surface area contributed by atoms with Gasteiger partial charge in [-0.15, -0.1) is 0 Å². The molecule has 0 radical (unpaired) electrons. The van der Waals surface area contributed by atoms with Gasteiger partial charge in [0.2, 0.25) is 0 Å². The van der Waals surface area contributed by atoms with Crippen LogP contribution in [0.3, 0.4) is 0 Å². The van der Waals surface area contributed by atoms with Gasteiger partial charge in [-0.1, -0.05) is 18.2 Å². The molecule has 1 saturated heterocycles. The van der Waals surface area contributed by atoms with Crippen molar-refractivity contribution in [2.24, 2.45) is 7.05 Å². The number of β-amino-alcohol motifs (C(OH)–C–C–N with tert-alkyl or cyclic N) is 1. The second-order valence-corrected chi connectivity index (χ2v) is 7.43. The van der Waals surface area contributed by atoms with E-state index in [1.807, 2.05) is 49.8 Å². The summed E-state index contributed by atoms with van der Waals surface area (Å²) in [6, 6.07) is 11.9. The summed E-state index contributed by atoms with van der Waals surface area (Å²) in [6.07, 6.45) is 2.84. The lowest BCUT2D eigenvalue weighted by atomic mass is 10.0. The monoisotopic (exact) mass is 387 g/mol. The third-order valence-electron chi connectivity index (χ3n) is 5.01. The fraction of sp³-hybridized carbons (Fsp3) is 0.381. The Balaban J connectivity index is 1.38. The number of fused-ring (bicyclic) bond motifs is 1. The molecule has 28 heavy (non-hydrogen) atoms. The summed E-state index contributed by atoms with van der Waals surface area (Å²) in [5, 5.41) is 16.4. The van der Waals surface area contributed by atoms with Crippen molar-refractivity contribution in [2.75, 3.05) is 26.2 Å². The topological polar surface area (TPSA) is 50.5 Å². The van der Waals surface area contributed by atoms with Gasteiger partial charge in [-0.25, -0.2) is 8.78 Å². The zero-order chi connectivity index (χ0) is 19.7. The molecule has 1 atom stereocenters. The summed E-state index contributed by atoms with van der Waals surface area (Å²) in [6.45, 7) is 0.275. The highest BCUT2D eigenvalue weighted by molar-refractivity contribution is 5.88. The lowest BCUT2D eigenvalue weighted by molar-refractivity contribution is 0.00461. The van der Waals surface area contributed by atoms with Crippen LogP contribution in [0, 0.1) is 0 Å². The molecular formula is C21H23F2N3O2. The number of hydrogen-bond donors (Lipinski definition) is 1. The molecule has 5 nitrogen and oxygen atoms in total. The van der Waals surface area contributed by atoms with Crippen molar-refractivity contribution in [2.45, 2.75) is 18.4 Å². The minimum atomic E-state index is -2.65. The standard InChI is InChI=1S/C21H23F2N3O2/c1-25-11-18(10-24-25)16-2-3-17-9-20(5-4-15(17)8-16)28-13-19(27)12-26-7-6-21(22,23)14-26/h2-5,8-11,19,27H,6-7,12-14H2,1H3. The molecule has 1 unspecified atom stereocenters. The van der Waals surface area contributed by atoms with E-state index in [0.717, 1.165) is 21.9 Å². The Bertz CT molecular complexity index is 973. The smallest absolute Gasteiger partial charge is 0.261 e. The zero-order valence-corrected chi connectivity index (χ0v) is 15.7. The molecule has 0 amide bonds. The minimum absolute atomic E-state index is 0.0708. The van der Waals surface area contributed by atoms with E-state index in [2.05, 4.69) is 11.2 Å². The maximum atomic E-state index is 13.2. The fourth-order valence-corrected chi connectivity index (χ4v) is 3.57. The molecule has 2 heterocycles. The predicted octanol–water partition coefficient (Wildman–Crippen LogP) is 3.32. The van der Waals surface area contributed by atoms with Gasteiger partial charge in [0.1, 0.15) is 18.5 Å². The number of alkyl halides is 2. The Morgan fingerprint density at radius 2 is 1.96 bits per heavy atom. The van der Waals surface area contributed by atoms with E-state index in [-0.39, 0.29) is 26.1 Å². The first-order chi connectivity index (χ1) is 13.4. The number of benzene rings is 2. The van der Waals surface area contributed by atoms with Crippen molar-refractivity contribution in [3.8, 4) is 16.9 Å². The van der Waals surface area contributed by atoms with Crippen LogP contribution in [-0.2, 0) is 7.05 Å². The van der Waals surface area contributed by atoms with Gasteiger partial charge in [0.05, 0.1) is 12.7 Å². The molecule has 148 valence electrons. The van der Waals surface area contributed by atoms with E-state index in [4.69, 9.17) is 4.74 Å². The van der Waals surface area contributed by atoms with Crippen LogP contribution >= 0.6 is 0 Å². The Hall–Kier alpha value is -2.51. The molecule has 0 saturated carbocycles.